The van der Waals surface area contributed by atoms with Crippen molar-refractivity contribution < 1.29 is 28.7 Å². The molecule has 0 saturated heterocycles. The van der Waals surface area contributed by atoms with Crippen molar-refractivity contribution in [1.82, 2.24) is 5.32 Å². The third-order valence-electron chi connectivity index (χ3n) is 5.68. The number of hydrogen-bond donors (Lipinski definition) is 2. The van der Waals surface area contributed by atoms with Crippen LogP contribution < -0.4 is 25.2 Å². The maximum Gasteiger partial charge on any atom is 0.319 e. The first-order valence-corrected chi connectivity index (χ1v) is 11.8. The summed E-state index contributed by atoms with van der Waals surface area (Å²) in [5.74, 6) is -0.749. The van der Waals surface area contributed by atoms with Gasteiger partial charge in [0.15, 0.2) is 0 Å². The van der Waals surface area contributed by atoms with Crippen LogP contribution >= 0.6 is 0 Å². The van der Waals surface area contributed by atoms with E-state index in [0.717, 1.165) is 0 Å². The molecule has 0 atom stereocenters. The van der Waals surface area contributed by atoms with Crippen molar-refractivity contribution in [3.05, 3.63) is 84.4 Å². The van der Waals surface area contributed by atoms with Crippen LogP contribution in [0.4, 0.5) is 21.9 Å². The molecule has 0 bridgehead atoms. The number of amides is 4. The predicted octanol–water partition coefficient (Wildman–Crippen LogP) is 3.23. The topological polar surface area (TPSA) is 117 Å². The number of esters is 1. The van der Waals surface area contributed by atoms with Gasteiger partial charge in [0.1, 0.15) is 12.3 Å². The van der Waals surface area contributed by atoms with E-state index in [4.69, 9.17) is 9.47 Å². The lowest BCUT2D eigenvalue weighted by molar-refractivity contribution is -0.139. The quantitative estimate of drug-likeness (QED) is 0.398. The molecule has 38 heavy (non-hydrogen) atoms. The molecule has 3 rings (SSSR count). The maximum atomic E-state index is 13.1. The van der Waals surface area contributed by atoms with Crippen LogP contribution in [-0.2, 0) is 25.5 Å². The smallest absolute Gasteiger partial charge is 0.319 e. The van der Waals surface area contributed by atoms with E-state index in [2.05, 4.69) is 10.6 Å². The number of carbonyl (C=O) groups is 4. The van der Waals surface area contributed by atoms with Gasteiger partial charge in [0.25, 0.3) is 0 Å². The normalized spacial score (nSPS) is 10.2. The fraction of sp³-hybridized carbons (Fsp3) is 0.214. The number of nitrogens with one attached hydrogen (secondary N) is 2. The van der Waals surface area contributed by atoms with Gasteiger partial charge >= 0.3 is 12.0 Å². The van der Waals surface area contributed by atoms with E-state index in [1.807, 2.05) is 18.2 Å². The standard InChI is InChI=1S/C28H30N4O6/c1-31(22-10-6-4-7-11-22)26(34)19-32(23-12-8-5-9-13-23)25(33)18-29-28(36)30-21-14-15-24(37-2)20(16-21)17-27(35)38-3/h4-16H,17-19H2,1-3H3,(H2,29,30,36). The molecule has 10 heteroatoms. The van der Waals surface area contributed by atoms with Crippen molar-refractivity contribution in [1.29, 1.82) is 0 Å². The van der Waals surface area contributed by atoms with Gasteiger partial charge in [0, 0.05) is 29.7 Å². The number of benzene rings is 3. The van der Waals surface area contributed by atoms with Gasteiger partial charge in [-0.2, -0.15) is 0 Å². The highest BCUT2D eigenvalue weighted by Crippen LogP contribution is 2.23. The van der Waals surface area contributed by atoms with Crippen molar-refractivity contribution in [2.75, 3.05) is 49.5 Å². The minimum atomic E-state index is -0.631. The molecule has 198 valence electrons. The molecule has 0 unspecified atom stereocenters. The highest BCUT2D eigenvalue weighted by Gasteiger charge is 2.22. The summed E-state index contributed by atoms with van der Waals surface area (Å²) in [5, 5.41) is 5.16. The molecule has 3 aromatic rings. The Kier molecular flexibility index (Phi) is 9.81. The first-order valence-electron chi connectivity index (χ1n) is 11.8. The van der Waals surface area contributed by atoms with E-state index in [1.54, 1.807) is 67.7 Å². The Morgan fingerprint density at radius 2 is 1.45 bits per heavy atom. The highest BCUT2D eigenvalue weighted by atomic mass is 16.5. The lowest BCUT2D eigenvalue weighted by Crippen LogP contribution is -2.46. The second kappa shape index (κ2) is 13.4. The minimum absolute atomic E-state index is 0.0349. The number of likely N-dealkylation sites (N-methyl/N-ethyl adjacent to an activating group) is 1. The number of ether oxygens (including phenoxy) is 2. The second-order valence-corrected chi connectivity index (χ2v) is 8.19. The molecule has 0 spiro atoms. The Morgan fingerprint density at radius 1 is 0.816 bits per heavy atom. The van der Waals surface area contributed by atoms with E-state index in [1.165, 1.54) is 24.0 Å². The van der Waals surface area contributed by atoms with Crippen LogP contribution in [0.25, 0.3) is 0 Å². The van der Waals surface area contributed by atoms with Crippen LogP contribution in [0.2, 0.25) is 0 Å². The molecule has 0 saturated carbocycles. The monoisotopic (exact) mass is 518 g/mol. The predicted molar refractivity (Wildman–Crippen MR) is 144 cm³/mol. The zero-order valence-electron chi connectivity index (χ0n) is 21.5. The van der Waals surface area contributed by atoms with Crippen molar-refractivity contribution in [3.8, 4) is 5.75 Å². The Morgan fingerprint density at radius 3 is 2.05 bits per heavy atom. The molecule has 0 aliphatic rings. The molecule has 0 radical (unpaired) electrons. The van der Waals surface area contributed by atoms with Gasteiger partial charge in [-0.15, -0.1) is 0 Å². The fourth-order valence-corrected chi connectivity index (χ4v) is 3.62. The summed E-state index contributed by atoms with van der Waals surface area (Å²) in [7, 11) is 4.40. The number of nitrogens with zero attached hydrogens (tertiary/aromatic N) is 2. The SMILES string of the molecule is COC(=O)Cc1cc(NC(=O)NCC(=O)N(CC(=O)N(C)c2ccccc2)c2ccccc2)ccc1OC. The van der Waals surface area contributed by atoms with Gasteiger partial charge in [-0.1, -0.05) is 36.4 Å². The summed E-state index contributed by atoms with van der Waals surface area (Å²) in [6.07, 6.45) is -0.0349. The van der Waals surface area contributed by atoms with Crippen LogP contribution in [0, 0.1) is 0 Å². The van der Waals surface area contributed by atoms with Gasteiger partial charge in [-0.25, -0.2) is 4.79 Å². The fourth-order valence-electron chi connectivity index (χ4n) is 3.62. The van der Waals surface area contributed by atoms with Gasteiger partial charge in [-0.3, -0.25) is 14.4 Å². The molecule has 0 heterocycles. The third kappa shape index (κ3) is 7.57. The van der Waals surface area contributed by atoms with E-state index in [0.29, 0.717) is 28.4 Å². The molecule has 10 nitrogen and oxygen atoms in total. The number of methoxy groups -OCH3 is 2. The van der Waals surface area contributed by atoms with E-state index in [-0.39, 0.29) is 25.4 Å². The third-order valence-corrected chi connectivity index (χ3v) is 5.68. The van der Waals surface area contributed by atoms with Gasteiger partial charge in [0.05, 0.1) is 27.2 Å². The van der Waals surface area contributed by atoms with E-state index >= 15 is 0 Å². The molecule has 0 fully saturated rings. The van der Waals surface area contributed by atoms with Gasteiger partial charge in [-0.05, 0) is 42.5 Å². The molecule has 4 amide bonds. The van der Waals surface area contributed by atoms with Crippen LogP contribution in [0.3, 0.4) is 0 Å². The molecule has 0 aliphatic heterocycles. The Balaban J connectivity index is 1.66. The first-order chi connectivity index (χ1) is 18.3. The molecular formula is C28H30N4O6. The van der Waals surface area contributed by atoms with Crippen LogP contribution in [0.5, 0.6) is 5.75 Å². The van der Waals surface area contributed by atoms with Crippen molar-refractivity contribution in [3.63, 3.8) is 0 Å². The second-order valence-electron chi connectivity index (χ2n) is 8.19. The summed E-state index contributed by atoms with van der Waals surface area (Å²) in [6, 6.07) is 22.0. The summed E-state index contributed by atoms with van der Waals surface area (Å²) < 4.78 is 9.96. The molecule has 3 aromatic carbocycles. The van der Waals surface area contributed by atoms with Crippen molar-refractivity contribution in [2.45, 2.75) is 6.42 Å². The number of para-hydroxylation sites is 2. The Hall–Kier alpha value is -4.86. The summed E-state index contributed by atoms with van der Waals surface area (Å²) in [4.78, 5) is 53.1. The molecule has 0 aromatic heterocycles. The average Bonchev–Trinajstić information content (AvgIpc) is 2.95. The van der Waals surface area contributed by atoms with E-state index < -0.39 is 17.9 Å². The maximum absolute atomic E-state index is 13.1. The number of rotatable bonds is 10. The highest BCUT2D eigenvalue weighted by molar-refractivity contribution is 6.05. The Bertz CT molecular complexity index is 1270. The zero-order valence-corrected chi connectivity index (χ0v) is 21.5. The molecule has 2 N–H and O–H groups in total. The van der Waals surface area contributed by atoms with Gasteiger partial charge in [0.2, 0.25) is 11.8 Å². The zero-order chi connectivity index (χ0) is 27.5. The van der Waals surface area contributed by atoms with E-state index in [9.17, 15) is 19.2 Å². The summed E-state index contributed by atoms with van der Waals surface area (Å²) >= 11 is 0. The van der Waals surface area contributed by atoms with Crippen LogP contribution in [0.1, 0.15) is 5.56 Å². The minimum Gasteiger partial charge on any atom is -0.496 e. The Labute approximate surface area is 221 Å². The summed E-state index contributed by atoms with van der Waals surface area (Å²) in [6.45, 7) is -0.568. The number of anilines is 3. The number of hydrogen-bond acceptors (Lipinski definition) is 6. The van der Waals surface area contributed by atoms with Crippen molar-refractivity contribution >= 4 is 40.9 Å². The lowest BCUT2D eigenvalue weighted by Gasteiger charge is -2.25. The van der Waals surface area contributed by atoms with Crippen LogP contribution in [-0.4, -0.2) is 58.2 Å². The first kappa shape index (κ1) is 27.7. The summed E-state index contributed by atoms with van der Waals surface area (Å²) in [5.41, 5.74) is 2.15. The van der Waals surface area contributed by atoms with Gasteiger partial charge < -0.3 is 29.9 Å². The van der Waals surface area contributed by atoms with Crippen molar-refractivity contribution in [2.24, 2.45) is 0 Å². The number of carbonyl (C=O) groups excluding carboxylic acids is 4. The largest absolute Gasteiger partial charge is 0.496 e. The molecular weight excluding hydrogens is 488 g/mol. The molecule has 0 aliphatic carbocycles. The average molecular weight is 519 g/mol. The van der Waals surface area contributed by atoms with Crippen LogP contribution in [0.15, 0.2) is 78.9 Å². The lowest BCUT2D eigenvalue weighted by atomic mass is 10.1. The number of urea groups is 1.